The maximum Gasteiger partial charge on any atom is 0.322 e. The molecule has 1 unspecified atom stereocenters. The van der Waals surface area contributed by atoms with Crippen molar-refractivity contribution in [3.8, 4) is 0 Å². The fourth-order valence-corrected chi connectivity index (χ4v) is 1.30. The number of hydrogen-bond acceptors (Lipinski definition) is 3. The minimum atomic E-state index is -0.190. The molecule has 1 N–H and O–H groups in total. The van der Waals surface area contributed by atoms with Crippen LogP contribution in [0.15, 0.2) is 0 Å². The van der Waals surface area contributed by atoms with Crippen LogP contribution in [0.1, 0.15) is 52.4 Å². The van der Waals surface area contributed by atoms with E-state index in [1.54, 1.807) is 7.05 Å². The Bertz CT molecular complexity index is 160. The van der Waals surface area contributed by atoms with Crippen molar-refractivity contribution >= 4 is 5.97 Å². The molecule has 0 aliphatic rings. The van der Waals surface area contributed by atoms with Gasteiger partial charge in [-0.05, 0) is 20.4 Å². The third-order valence-corrected chi connectivity index (χ3v) is 2.53. The molecule has 0 rings (SSSR count). The average molecular weight is 215 g/mol. The SMILES string of the molecule is CCCCCCCCOC(=O)C(C)NC. The summed E-state index contributed by atoms with van der Waals surface area (Å²) in [7, 11) is 1.76. The zero-order chi connectivity index (χ0) is 11.5. The van der Waals surface area contributed by atoms with Crippen LogP contribution in [0.5, 0.6) is 0 Å². The van der Waals surface area contributed by atoms with E-state index in [2.05, 4.69) is 12.2 Å². The summed E-state index contributed by atoms with van der Waals surface area (Å²) < 4.78 is 5.10. The quantitative estimate of drug-likeness (QED) is 0.474. The van der Waals surface area contributed by atoms with Crippen LogP contribution in [-0.2, 0) is 9.53 Å². The minimum Gasteiger partial charge on any atom is -0.465 e. The predicted molar refractivity (Wildman–Crippen MR) is 62.9 cm³/mol. The lowest BCUT2D eigenvalue weighted by molar-refractivity contribution is -0.145. The Labute approximate surface area is 93.6 Å². The summed E-state index contributed by atoms with van der Waals surface area (Å²) in [5, 5.41) is 2.86. The van der Waals surface area contributed by atoms with E-state index in [0.717, 1.165) is 6.42 Å². The lowest BCUT2D eigenvalue weighted by Gasteiger charge is -2.09. The number of carbonyl (C=O) groups excluding carboxylic acids is 1. The lowest BCUT2D eigenvalue weighted by atomic mass is 10.1. The maximum absolute atomic E-state index is 11.2. The Kier molecular flexibility index (Phi) is 9.59. The van der Waals surface area contributed by atoms with Crippen LogP contribution in [-0.4, -0.2) is 25.7 Å². The molecule has 15 heavy (non-hydrogen) atoms. The Morgan fingerprint density at radius 3 is 2.40 bits per heavy atom. The highest BCUT2D eigenvalue weighted by Crippen LogP contribution is 2.05. The zero-order valence-corrected chi connectivity index (χ0v) is 10.3. The second-order valence-electron chi connectivity index (χ2n) is 3.95. The fourth-order valence-electron chi connectivity index (χ4n) is 1.30. The third-order valence-electron chi connectivity index (χ3n) is 2.53. The molecule has 0 saturated carbocycles. The average Bonchev–Trinajstić information content (AvgIpc) is 2.26. The van der Waals surface area contributed by atoms with Crippen LogP contribution in [0.3, 0.4) is 0 Å². The van der Waals surface area contributed by atoms with Crippen molar-refractivity contribution in [3.63, 3.8) is 0 Å². The van der Waals surface area contributed by atoms with Gasteiger partial charge in [-0.15, -0.1) is 0 Å². The first-order valence-electron chi connectivity index (χ1n) is 6.06. The highest BCUT2D eigenvalue weighted by molar-refractivity contribution is 5.75. The van der Waals surface area contributed by atoms with Gasteiger partial charge in [-0.25, -0.2) is 0 Å². The van der Waals surface area contributed by atoms with Crippen molar-refractivity contribution < 1.29 is 9.53 Å². The van der Waals surface area contributed by atoms with E-state index in [1.807, 2.05) is 6.92 Å². The third kappa shape index (κ3) is 8.43. The van der Waals surface area contributed by atoms with Gasteiger partial charge in [-0.3, -0.25) is 4.79 Å². The first-order chi connectivity index (χ1) is 7.22. The Balaban J connectivity index is 3.20. The number of unbranched alkanes of at least 4 members (excludes halogenated alkanes) is 5. The summed E-state index contributed by atoms with van der Waals surface area (Å²) in [4.78, 5) is 11.2. The molecule has 0 fully saturated rings. The molecule has 3 heteroatoms. The van der Waals surface area contributed by atoms with Gasteiger partial charge in [0.2, 0.25) is 0 Å². The zero-order valence-electron chi connectivity index (χ0n) is 10.3. The van der Waals surface area contributed by atoms with E-state index in [1.165, 1.54) is 32.1 Å². The van der Waals surface area contributed by atoms with E-state index in [-0.39, 0.29) is 12.0 Å². The van der Waals surface area contributed by atoms with Gasteiger partial charge in [0.05, 0.1) is 6.61 Å². The molecule has 0 heterocycles. The summed E-state index contributed by atoms with van der Waals surface area (Å²) >= 11 is 0. The van der Waals surface area contributed by atoms with E-state index in [9.17, 15) is 4.79 Å². The predicted octanol–water partition coefficient (Wildman–Crippen LogP) is 2.50. The maximum atomic E-state index is 11.2. The molecule has 90 valence electrons. The molecule has 0 bridgehead atoms. The number of ether oxygens (including phenoxy) is 1. The summed E-state index contributed by atoms with van der Waals surface area (Å²) in [6.45, 7) is 4.58. The summed E-state index contributed by atoms with van der Waals surface area (Å²) in [6, 6.07) is -0.190. The minimum absolute atomic E-state index is 0.147. The summed E-state index contributed by atoms with van der Waals surface area (Å²) in [6.07, 6.45) is 7.31. The Morgan fingerprint density at radius 1 is 1.20 bits per heavy atom. The molecule has 0 aromatic heterocycles. The molecular weight excluding hydrogens is 190 g/mol. The van der Waals surface area contributed by atoms with Gasteiger partial charge in [0.15, 0.2) is 0 Å². The molecular formula is C12H25NO2. The number of hydrogen-bond donors (Lipinski definition) is 1. The Morgan fingerprint density at radius 2 is 1.80 bits per heavy atom. The lowest BCUT2D eigenvalue weighted by Crippen LogP contribution is -2.32. The van der Waals surface area contributed by atoms with Crippen molar-refractivity contribution in [2.24, 2.45) is 0 Å². The van der Waals surface area contributed by atoms with Crippen LogP contribution >= 0.6 is 0 Å². The van der Waals surface area contributed by atoms with Crippen molar-refractivity contribution in [3.05, 3.63) is 0 Å². The van der Waals surface area contributed by atoms with Crippen molar-refractivity contribution in [2.75, 3.05) is 13.7 Å². The highest BCUT2D eigenvalue weighted by atomic mass is 16.5. The number of likely N-dealkylation sites (N-methyl/N-ethyl adjacent to an activating group) is 1. The molecule has 0 saturated heterocycles. The van der Waals surface area contributed by atoms with Crippen LogP contribution in [0.4, 0.5) is 0 Å². The molecule has 1 atom stereocenters. The van der Waals surface area contributed by atoms with E-state index in [0.29, 0.717) is 6.61 Å². The van der Waals surface area contributed by atoms with Crippen LogP contribution in [0.2, 0.25) is 0 Å². The topological polar surface area (TPSA) is 38.3 Å². The molecule has 0 aromatic carbocycles. The molecule has 0 radical (unpaired) electrons. The standard InChI is InChI=1S/C12H25NO2/c1-4-5-6-7-8-9-10-15-12(14)11(2)13-3/h11,13H,4-10H2,1-3H3. The molecule has 0 aromatic rings. The van der Waals surface area contributed by atoms with Crippen molar-refractivity contribution in [1.29, 1.82) is 0 Å². The number of nitrogens with one attached hydrogen (secondary N) is 1. The normalized spacial score (nSPS) is 12.5. The van der Waals surface area contributed by atoms with Crippen LogP contribution in [0, 0.1) is 0 Å². The highest BCUT2D eigenvalue weighted by Gasteiger charge is 2.10. The molecule has 0 spiro atoms. The first kappa shape index (κ1) is 14.4. The monoisotopic (exact) mass is 215 g/mol. The molecule has 0 aliphatic heterocycles. The second-order valence-corrected chi connectivity index (χ2v) is 3.95. The first-order valence-corrected chi connectivity index (χ1v) is 6.06. The fraction of sp³-hybridized carbons (Fsp3) is 0.917. The van der Waals surface area contributed by atoms with Crippen LogP contribution < -0.4 is 5.32 Å². The van der Waals surface area contributed by atoms with Crippen LogP contribution in [0.25, 0.3) is 0 Å². The van der Waals surface area contributed by atoms with Gasteiger partial charge in [0, 0.05) is 0 Å². The van der Waals surface area contributed by atoms with E-state index >= 15 is 0 Å². The van der Waals surface area contributed by atoms with Gasteiger partial charge >= 0.3 is 5.97 Å². The smallest absolute Gasteiger partial charge is 0.322 e. The Hall–Kier alpha value is -0.570. The van der Waals surface area contributed by atoms with Gasteiger partial charge in [-0.1, -0.05) is 39.0 Å². The summed E-state index contributed by atoms with van der Waals surface area (Å²) in [5.74, 6) is -0.147. The van der Waals surface area contributed by atoms with E-state index in [4.69, 9.17) is 4.74 Å². The van der Waals surface area contributed by atoms with Crippen molar-refractivity contribution in [2.45, 2.75) is 58.4 Å². The van der Waals surface area contributed by atoms with Gasteiger partial charge in [0.25, 0.3) is 0 Å². The second kappa shape index (κ2) is 9.97. The molecule has 3 nitrogen and oxygen atoms in total. The largest absolute Gasteiger partial charge is 0.465 e. The van der Waals surface area contributed by atoms with E-state index < -0.39 is 0 Å². The molecule has 0 amide bonds. The number of esters is 1. The van der Waals surface area contributed by atoms with Gasteiger partial charge in [0.1, 0.15) is 6.04 Å². The molecule has 0 aliphatic carbocycles. The number of carbonyl (C=O) groups is 1. The van der Waals surface area contributed by atoms with Gasteiger partial charge < -0.3 is 10.1 Å². The summed E-state index contributed by atoms with van der Waals surface area (Å²) in [5.41, 5.74) is 0. The van der Waals surface area contributed by atoms with Crippen molar-refractivity contribution in [1.82, 2.24) is 5.32 Å². The number of rotatable bonds is 9. The van der Waals surface area contributed by atoms with Gasteiger partial charge in [-0.2, -0.15) is 0 Å².